The molecule has 3 aromatic rings. The maximum Gasteiger partial charge on any atom is 0.264 e. The van der Waals surface area contributed by atoms with Crippen molar-refractivity contribution in [1.29, 1.82) is 0 Å². The number of hydrogen-bond donors (Lipinski definition) is 0. The first-order chi connectivity index (χ1) is 12.8. The van der Waals surface area contributed by atoms with Crippen molar-refractivity contribution in [3.05, 3.63) is 59.1 Å². The van der Waals surface area contributed by atoms with E-state index in [2.05, 4.69) is 41.1 Å². The van der Waals surface area contributed by atoms with E-state index < -0.39 is 0 Å². The highest BCUT2D eigenvalue weighted by molar-refractivity contribution is 7.21. The van der Waals surface area contributed by atoms with Crippen LogP contribution in [-0.2, 0) is 6.42 Å². The Balaban J connectivity index is 1.54. The fourth-order valence-electron chi connectivity index (χ4n) is 3.59. The minimum Gasteiger partial charge on any atom is -0.353 e. The van der Waals surface area contributed by atoms with Crippen molar-refractivity contribution in [3.63, 3.8) is 0 Å². The summed E-state index contributed by atoms with van der Waals surface area (Å²) in [7, 11) is 0. The van der Waals surface area contributed by atoms with Gasteiger partial charge in [0, 0.05) is 37.1 Å². The van der Waals surface area contributed by atoms with E-state index in [1.54, 1.807) is 11.3 Å². The average Bonchev–Trinajstić information content (AvgIpc) is 3.07. The molecule has 5 heteroatoms. The zero-order chi connectivity index (χ0) is 17.9. The van der Waals surface area contributed by atoms with E-state index in [0.717, 1.165) is 49.7 Å². The highest BCUT2D eigenvalue weighted by Crippen LogP contribution is 2.33. The summed E-state index contributed by atoms with van der Waals surface area (Å²) in [6, 6.07) is 14.3. The predicted octanol–water partition coefficient (Wildman–Crippen LogP) is 4.21. The average molecular weight is 366 g/mol. The quantitative estimate of drug-likeness (QED) is 0.695. The van der Waals surface area contributed by atoms with Crippen molar-refractivity contribution in [2.75, 3.05) is 31.1 Å². The fourth-order valence-corrected chi connectivity index (χ4v) is 4.81. The number of rotatable bonds is 4. The maximum absolute atomic E-state index is 13.2. The third-order valence-electron chi connectivity index (χ3n) is 4.93. The second-order valence-corrected chi connectivity index (χ2v) is 7.68. The number of pyridine rings is 1. The molecular weight excluding hydrogens is 342 g/mol. The van der Waals surface area contributed by atoms with Gasteiger partial charge in [0.15, 0.2) is 0 Å². The SMILES string of the molecule is CCCc1c(C(=O)N2CCN(c3ccccn3)CC2)sc2ccccc12. The molecule has 4 nitrogen and oxygen atoms in total. The lowest BCUT2D eigenvalue weighted by atomic mass is 10.1. The number of thiophene rings is 1. The van der Waals surface area contributed by atoms with Crippen LogP contribution in [0.2, 0.25) is 0 Å². The predicted molar refractivity (Wildman–Crippen MR) is 108 cm³/mol. The van der Waals surface area contributed by atoms with Crippen LogP contribution in [-0.4, -0.2) is 42.0 Å². The van der Waals surface area contributed by atoms with Crippen LogP contribution in [0.5, 0.6) is 0 Å². The van der Waals surface area contributed by atoms with Crippen LogP contribution in [0, 0.1) is 0 Å². The summed E-state index contributed by atoms with van der Waals surface area (Å²) in [5.74, 6) is 1.18. The van der Waals surface area contributed by atoms with Crippen LogP contribution in [0.4, 0.5) is 5.82 Å². The molecule has 134 valence electrons. The van der Waals surface area contributed by atoms with Crippen LogP contribution in [0.3, 0.4) is 0 Å². The Hall–Kier alpha value is -2.40. The van der Waals surface area contributed by atoms with Gasteiger partial charge in [-0.1, -0.05) is 37.6 Å². The Morgan fingerprint density at radius 3 is 2.58 bits per heavy atom. The van der Waals surface area contributed by atoms with Crippen molar-refractivity contribution in [3.8, 4) is 0 Å². The summed E-state index contributed by atoms with van der Waals surface area (Å²) >= 11 is 1.65. The van der Waals surface area contributed by atoms with Crippen molar-refractivity contribution < 1.29 is 4.79 Å². The number of piperazine rings is 1. The van der Waals surface area contributed by atoms with Gasteiger partial charge in [0.05, 0.1) is 4.88 Å². The molecule has 2 aromatic heterocycles. The van der Waals surface area contributed by atoms with Crippen molar-refractivity contribution >= 4 is 33.1 Å². The molecule has 1 aliphatic heterocycles. The minimum atomic E-state index is 0.190. The van der Waals surface area contributed by atoms with Gasteiger partial charge >= 0.3 is 0 Å². The number of fused-ring (bicyclic) bond motifs is 1. The summed E-state index contributed by atoms with van der Waals surface area (Å²) in [4.78, 5) is 22.8. The normalized spacial score (nSPS) is 14.8. The van der Waals surface area contributed by atoms with E-state index in [0.29, 0.717) is 0 Å². The lowest BCUT2D eigenvalue weighted by molar-refractivity contribution is 0.0750. The van der Waals surface area contributed by atoms with Crippen LogP contribution >= 0.6 is 11.3 Å². The molecule has 0 spiro atoms. The second-order valence-electron chi connectivity index (χ2n) is 6.62. The number of hydrogen-bond acceptors (Lipinski definition) is 4. The first-order valence-corrected chi connectivity index (χ1v) is 10.0. The van der Waals surface area contributed by atoms with Gasteiger partial charge < -0.3 is 9.80 Å². The number of carbonyl (C=O) groups excluding carboxylic acids is 1. The molecule has 0 saturated carbocycles. The Kier molecular flexibility index (Phi) is 4.89. The third kappa shape index (κ3) is 3.19. The van der Waals surface area contributed by atoms with Crippen molar-refractivity contribution in [2.45, 2.75) is 19.8 Å². The van der Waals surface area contributed by atoms with Gasteiger partial charge in [-0.05, 0) is 35.6 Å². The number of benzene rings is 1. The number of nitrogens with zero attached hydrogens (tertiary/aromatic N) is 3. The van der Waals surface area contributed by atoms with E-state index in [1.807, 2.05) is 29.3 Å². The van der Waals surface area contributed by atoms with Crippen LogP contribution in [0.1, 0.15) is 28.6 Å². The lowest BCUT2D eigenvalue weighted by Gasteiger charge is -2.35. The van der Waals surface area contributed by atoms with Crippen molar-refractivity contribution in [1.82, 2.24) is 9.88 Å². The van der Waals surface area contributed by atoms with Gasteiger partial charge in [-0.2, -0.15) is 0 Å². The molecule has 0 aliphatic carbocycles. The minimum absolute atomic E-state index is 0.190. The molecule has 0 unspecified atom stereocenters. The molecule has 0 bridgehead atoms. The summed E-state index contributed by atoms with van der Waals surface area (Å²) in [6.45, 7) is 5.32. The summed E-state index contributed by atoms with van der Waals surface area (Å²) in [5.41, 5.74) is 1.23. The number of aryl methyl sites for hydroxylation is 1. The van der Waals surface area contributed by atoms with E-state index in [1.165, 1.54) is 15.6 Å². The van der Waals surface area contributed by atoms with Crippen LogP contribution in [0.25, 0.3) is 10.1 Å². The first kappa shape index (κ1) is 17.0. The Morgan fingerprint density at radius 2 is 1.85 bits per heavy atom. The third-order valence-corrected chi connectivity index (χ3v) is 6.13. The monoisotopic (exact) mass is 365 g/mol. The Morgan fingerprint density at radius 1 is 1.08 bits per heavy atom. The molecular formula is C21H23N3OS. The standard InChI is InChI=1S/C21H23N3OS/c1-2-7-17-16-8-3-4-9-18(16)26-20(17)21(25)24-14-12-23(13-15-24)19-10-5-6-11-22-19/h3-6,8-11H,2,7,12-15H2,1H3. The van der Waals surface area contributed by atoms with Gasteiger partial charge in [0.1, 0.15) is 5.82 Å². The molecule has 0 atom stereocenters. The van der Waals surface area contributed by atoms with Crippen LogP contribution < -0.4 is 4.90 Å². The fraction of sp³-hybridized carbons (Fsp3) is 0.333. The van der Waals surface area contributed by atoms with E-state index in [-0.39, 0.29) is 5.91 Å². The van der Waals surface area contributed by atoms with Gasteiger partial charge in [0.2, 0.25) is 0 Å². The molecule has 3 heterocycles. The zero-order valence-corrected chi connectivity index (χ0v) is 15.8. The summed E-state index contributed by atoms with van der Waals surface area (Å²) < 4.78 is 1.21. The molecule has 1 saturated heterocycles. The second kappa shape index (κ2) is 7.46. The van der Waals surface area contributed by atoms with Gasteiger partial charge in [-0.3, -0.25) is 4.79 Å². The number of amides is 1. The maximum atomic E-state index is 13.2. The molecule has 1 fully saturated rings. The topological polar surface area (TPSA) is 36.4 Å². The molecule has 1 aromatic carbocycles. The molecule has 1 aliphatic rings. The van der Waals surface area contributed by atoms with Gasteiger partial charge in [-0.25, -0.2) is 4.98 Å². The zero-order valence-electron chi connectivity index (χ0n) is 15.0. The molecule has 0 N–H and O–H groups in total. The van der Waals surface area contributed by atoms with E-state index in [9.17, 15) is 4.79 Å². The Bertz CT molecular complexity index is 898. The number of anilines is 1. The highest BCUT2D eigenvalue weighted by Gasteiger charge is 2.26. The van der Waals surface area contributed by atoms with Gasteiger partial charge in [-0.15, -0.1) is 11.3 Å². The van der Waals surface area contributed by atoms with Crippen LogP contribution in [0.15, 0.2) is 48.7 Å². The summed E-state index contributed by atoms with van der Waals surface area (Å²) in [5, 5.41) is 1.25. The largest absolute Gasteiger partial charge is 0.353 e. The first-order valence-electron chi connectivity index (χ1n) is 9.23. The molecule has 26 heavy (non-hydrogen) atoms. The lowest BCUT2D eigenvalue weighted by Crippen LogP contribution is -2.49. The number of carbonyl (C=O) groups is 1. The number of aromatic nitrogens is 1. The molecule has 4 rings (SSSR count). The van der Waals surface area contributed by atoms with E-state index >= 15 is 0 Å². The van der Waals surface area contributed by atoms with E-state index in [4.69, 9.17) is 0 Å². The smallest absolute Gasteiger partial charge is 0.264 e. The summed E-state index contributed by atoms with van der Waals surface area (Å²) in [6.07, 6.45) is 3.83. The van der Waals surface area contributed by atoms with Crippen molar-refractivity contribution in [2.24, 2.45) is 0 Å². The van der Waals surface area contributed by atoms with Gasteiger partial charge in [0.25, 0.3) is 5.91 Å². The molecule has 0 radical (unpaired) electrons. The Labute approximate surface area is 158 Å². The highest BCUT2D eigenvalue weighted by atomic mass is 32.1. The molecule has 1 amide bonds.